The van der Waals surface area contributed by atoms with Crippen molar-refractivity contribution in [3.8, 4) is 0 Å². The van der Waals surface area contributed by atoms with Gasteiger partial charge in [0.1, 0.15) is 0 Å². The molecule has 0 radical (unpaired) electrons. The normalized spacial score (nSPS) is 20.3. The molecule has 1 heterocycles. The van der Waals surface area contributed by atoms with Crippen LogP contribution in [0.15, 0.2) is 0 Å². The number of carbonyl (C=O) groups is 1. The first-order valence-electron chi connectivity index (χ1n) is 5.29. The van der Waals surface area contributed by atoms with Gasteiger partial charge in [-0.15, -0.1) is 11.3 Å². The Morgan fingerprint density at radius 1 is 1.60 bits per heavy atom. The number of carboxylic acid groups (broad SMARTS) is 1. The van der Waals surface area contributed by atoms with Crippen LogP contribution < -0.4 is 0 Å². The zero-order valence-electron chi connectivity index (χ0n) is 8.99. The summed E-state index contributed by atoms with van der Waals surface area (Å²) in [5.41, 5.74) is 1.02. The van der Waals surface area contributed by atoms with Crippen LogP contribution in [0.4, 0.5) is 0 Å². The second-order valence-electron chi connectivity index (χ2n) is 4.44. The van der Waals surface area contributed by atoms with E-state index in [-0.39, 0.29) is 5.01 Å². The van der Waals surface area contributed by atoms with Crippen LogP contribution in [-0.4, -0.2) is 16.1 Å². The lowest BCUT2D eigenvalue weighted by molar-refractivity contribution is 0.0696. The average molecular weight is 225 g/mol. The summed E-state index contributed by atoms with van der Waals surface area (Å²) in [6.07, 6.45) is 3.10. The van der Waals surface area contributed by atoms with Crippen LogP contribution in [0.25, 0.3) is 0 Å². The monoisotopic (exact) mass is 225 g/mol. The predicted octanol–water partition coefficient (Wildman–Crippen LogP) is 2.60. The van der Waals surface area contributed by atoms with Gasteiger partial charge in [-0.3, -0.25) is 0 Å². The number of carboxylic acids is 1. The van der Waals surface area contributed by atoms with Gasteiger partial charge in [-0.2, -0.15) is 0 Å². The van der Waals surface area contributed by atoms with E-state index in [0.29, 0.717) is 11.8 Å². The fraction of sp³-hybridized carbons (Fsp3) is 0.636. The van der Waals surface area contributed by atoms with Crippen LogP contribution >= 0.6 is 11.3 Å². The molecule has 0 aliphatic heterocycles. The predicted molar refractivity (Wildman–Crippen MR) is 59.4 cm³/mol. The minimum atomic E-state index is -0.893. The number of hydrogen-bond donors (Lipinski definition) is 1. The number of aryl methyl sites for hydroxylation is 1. The molecule has 82 valence electrons. The molecule has 0 amide bonds. The van der Waals surface area contributed by atoms with E-state index in [9.17, 15) is 4.79 Å². The summed E-state index contributed by atoms with van der Waals surface area (Å²) in [7, 11) is 0. The maximum Gasteiger partial charge on any atom is 0.365 e. The van der Waals surface area contributed by atoms with E-state index < -0.39 is 5.97 Å². The van der Waals surface area contributed by atoms with Gasteiger partial charge in [-0.25, -0.2) is 9.78 Å². The van der Waals surface area contributed by atoms with Gasteiger partial charge in [0.15, 0.2) is 0 Å². The molecule has 0 saturated heterocycles. The van der Waals surface area contributed by atoms with Crippen molar-refractivity contribution in [1.82, 2.24) is 4.98 Å². The number of fused-ring (bicyclic) bond motifs is 1. The summed E-state index contributed by atoms with van der Waals surface area (Å²) in [4.78, 5) is 16.1. The molecule has 4 heteroatoms. The third-order valence-electron chi connectivity index (χ3n) is 3.10. The highest BCUT2D eigenvalue weighted by Crippen LogP contribution is 2.33. The average Bonchev–Trinajstić information content (AvgIpc) is 2.59. The molecule has 2 rings (SSSR count). The summed E-state index contributed by atoms with van der Waals surface area (Å²) >= 11 is 1.35. The van der Waals surface area contributed by atoms with Crippen molar-refractivity contribution in [3.63, 3.8) is 0 Å². The smallest absolute Gasteiger partial charge is 0.365 e. The molecule has 0 bridgehead atoms. The highest BCUT2D eigenvalue weighted by atomic mass is 32.1. The summed E-state index contributed by atoms with van der Waals surface area (Å²) in [5.74, 6) is 0.476. The largest absolute Gasteiger partial charge is 0.476 e. The summed E-state index contributed by atoms with van der Waals surface area (Å²) in [6, 6.07) is 0. The molecule has 1 aliphatic rings. The number of thiazole rings is 1. The molecule has 1 aromatic rings. The summed E-state index contributed by atoms with van der Waals surface area (Å²) in [6.45, 7) is 4.46. The number of aromatic nitrogens is 1. The lowest BCUT2D eigenvalue weighted by Crippen LogP contribution is -2.17. The van der Waals surface area contributed by atoms with E-state index in [0.717, 1.165) is 25.0 Å². The van der Waals surface area contributed by atoms with Crippen LogP contribution in [0.2, 0.25) is 0 Å². The summed E-state index contributed by atoms with van der Waals surface area (Å²) < 4.78 is 0. The van der Waals surface area contributed by atoms with Crippen molar-refractivity contribution >= 4 is 17.3 Å². The Bertz CT molecular complexity index is 384. The van der Waals surface area contributed by atoms with Crippen molar-refractivity contribution in [3.05, 3.63) is 15.6 Å². The van der Waals surface area contributed by atoms with Crippen LogP contribution in [0.1, 0.15) is 40.6 Å². The van der Waals surface area contributed by atoms with Crippen LogP contribution in [0.3, 0.4) is 0 Å². The van der Waals surface area contributed by atoms with E-state index in [4.69, 9.17) is 5.11 Å². The zero-order chi connectivity index (χ0) is 11.0. The molecule has 0 aromatic carbocycles. The molecule has 1 aromatic heterocycles. The Balaban J connectivity index is 2.23. The number of nitrogens with zero attached hydrogens (tertiary/aromatic N) is 1. The van der Waals surface area contributed by atoms with Gasteiger partial charge in [-0.05, 0) is 31.1 Å². The molecular formula is C11H15NO2S. The van der Waals surface area contributed by atoms with Crippen LogP contribution in [0, 0.1) is 11.8 Å². The lowest BCUT2D eigenvalue weighted by atomic mass is 9.83. The third-order valence-corrected chi connectivity index (χ3v) is 4.21. The van der Waals surface area contributed by atoms with E-state index >= 15 is 0 Å². The van der Waals surface area contributed by atoms with Gasteiger partial charge in [0.05, 0.1) is 5.69 Å². The van der Waals surface area contributed by atoms with Gasteiger partial charge in [-0.1, -0.05) is 13.8 Å². The van der Waals surface area contributed by atoms with E-state index in [1.54, 1.807) is 0 Å². The Morgan fingerprint density at radius 3 is 2.93 bits per heavy atom. The van der Waals surface area contributed by atoms with E-state index in [2.05, 4.69) is 18.8 Å². The lowest BCUT2D eigenvalue weighted by Gasteiger charge is -2.24. The van der Waals surface area contributed by atoms with Gasteiger partial charge < -0.3 is 5.11 Å². The number of hydrogen-bond acceptors (Lipinski definition) is 3. The molecule has 0 fully saturated rings. The van der Waals surface area contributed by atoms with Gasteiger partial charge >= 0.3 is 5.97 Å². The Hall–Kier alpha value is -0.900. The van der Waals surface area contributed by atoms with E-state index in [1.165, 1.54) is 16.2 Å². The molecule has 1 unspecified atom stereocenters. The second-order valence-corrected chi connectivity index (χ2v) is 5.52. The second kappa shape index (κ2) is 3.93. The van der Waals surface area contributed by atoms with Gasteiger partial charge in [0.25, 0.3) is 0 Å². The maximum atomic E-state index is 10.8. The molecule has 1 aliphatic carbocycles. The molecular weight excluding hydrogens is 210 g/mol. The quantitative estimate of drug-likeness (QED) is 0.841. The van der Waals surface area contributed by atoms with Crippen molar-refractivity contribution < 1.29 is 9.90 Å². The fourth-order valence-corrected chi connectivity index (χ4v) is 3.10. The Morgan fingerprint density at radius 2 is 2.33 bits per heavy atom. The first-order chi connectivity index (χ1) is 7.08. The molecule has 1 atom stereocenters. The SMILES string of the molecule is CC(C)C1CCc2nc(C(=O)O)sc2C1. The van der Waals surface area contributed by atoms with Crippen molar-refractivity contribution in [2.75, 3.05) is 0 Å². The molecule has 1 N–H and O–H groups in total. The molecule has 3 nitrogen and oxygen atoms in total. The van der Waals surface area contributed by atoms with Gasteiger partial charge in [0.2, 0.25) is 5.01 Å². The third kappa shape index (κ3) is 2.04. The first kappa shape index (κ1) is 10.6. The first-order valence-corrected chi connectivity index (χ1v) is 6.11. The number of rotatable bonds is 2. The minimum absolute atomic E-state index is 0.254. The Kier molecular flexibility index (Phi) is 2.78. The van der Waals surface area contributed by atoms with E-state index in [1.807, 2.05) is 0 Å². The standard InChI is InChI=1S/C11H15NO2S/c1-6(2)7-3-4-8-9(5-7)15-10(12-8)11(13)14/h6-7H,3-5H2,1-2H3,(H,13,14). The Labute approximate surface area is 93.2 Å². The van der Waals surface area contributed by atoms with Gasteiger partial charge in [0, 0.05) is 4.88 Å². The number of aromatic carboxylic acids is 1. The summed E-state index contributed by atoms with van der Waals surface area (Å²) in [5, 5.41) is 9.11. The highest BCUT2D eigenvalue weighted by molar-refractivity contribution is 7.13. The van der Waals surface area contributed by atoms with Crippen LogP contribution in [0.5, 0.6) is 0 Å². The molecule has 0 saturated carbocycles. The maximum absolute atomic E-state index is 10.8. The zero-order valence-corrected chi connectivity index (χ0v) is 9.80. The molecule has 15 heavy (non-hydrogen) atoms. The minimum Gasteiger partial charge on any atom is -0.476 e. The van der Waals surface area contributed by atoms with Crippen molar-refractivity contribution in [2.45, 2.75) is 33.1 Å². The van der Waals surface area contributed by atoms with Crippen molar-refractivity contribution in [1.29, 1.82) is 0 Å². The fourth-order valence-electron chi connectivity index (χ4n) is 2.06. The topological polar surface area (TPSA) is 50.2 Å². The van der Waals surface area contributed by atoms with Crippen molar-refractivity contribution in [2.24, 2.45) is 11.8 Å². The molecule has 0 spiro atoms. The highest BCUT2D eigenvalue weighted by Gasteiger charge is 2.25. The van der Waals surface area contributed by atoms with Crippen LogP contribution in [-0.2, 0) is 12.8 Å².